The van der Waals surface area contributed by atoms with Crippen molar-refractivity contribution in [2.45, 2.75) is 104 Å². The molecule has 2 rings (SSSR count). The zero-order chi connectivity index (χ0) is 24.5. The molecular formula is C29H57N5. The number of hydrogen-bond donors (Lipinski definition) is 5. The molecule has 0 amide bonds. The van der Waals surface area contributed by atoms with Crippen molar-refractivity contribution in [1.29, 1.82) is 0 Å². The molecule has 1 saturated heterocycles. The van der Waals surface area contributed by atoms with E-state index in [9.17, 15) is 0 Å². The lowest BCUT2D eigenvalue weighted by Crippen LogP contribution is -2.42. The normalized spacial score (nSPS) is 17.8. The molecule has 5 nitrogen and oxygen atoms in total. The summed E-state index contributed by atoms with van der Waals surface area (Å²) in [4.78, 5) is 0. The first-order valence-corrected chi connectivity index (χ1v) is 14.5. The summed E-state index contributed by atoms with van der Waals surface area (Å²) in [5.41, 5.74) is 14.8. The molecule has 0 radical (unpaired) electrons. The van der Waals surface area contributed by atoms with Gasteiger partial charge in [-0.25, -0.2) is 0 Å². The van der Waals surface area contributed by atoms with E-state index in [4.69, 9.17) is 5.73 Å². The summed E-state index contributed by atoms with van der Waals surface area (Å²) < 4.78 is 0. The van der Waals surface area contributed by atoms with Gasteiger partial charge in [0.1, 0.15) is 0 Å². The fraction of sp³-hybridized carbons (Fsp3) is 0.793. The number of benzene rings is 1. The highest BCUT2D eigenvalue weighted by atomic mass is 15.3. The zero-order valence-corrected chi connectivity index (χ0v) is 22.6. The molecule has 1 atom stereocenters. The molecule has 6 N–H and O–H groups in total. The number of nitrogens with two attached hydrogens (primary N) is 1. The lowest BCUT2D eigenvalue weighted by Gasteiger charge is -2.21. The Bertz CT molecular complexity index is 527. The smallest absolute Gasteiger partial charge is 0.0346 e. The van der Waals surface area contributed by atoms with Gasteiger partial charge in [-0.2, -0.15) is 0 Å². The number of nitrogen functional groups attached to an aromatic ring is 1. The summed E-state index contributed by atoms with van der Waals surface area (Å²) in [5, 5.41) is 6.95. The van der Waals surface area contributed by atoms with Crippen LogP contribution in [0, 0.1) is 5.92 Å². The summed E-state index contributed by atoms with van der Waals surface area (Å²) in [5.74, 6) is 0.534. The summed E-state index contributed by atoms with van der Waals surface area (Å²) in [7, 11) is 0. The van der Waals surface area contributed by atoms with Crippen LogP contribution in [0.15, 0.2) is 24.3 Å². The van der Waals surface area contributed by atoms with Crippen molar-refractivity contribution in [3.05, 3.63) is 29.8 Å². The van der Waals surface area contributed by atoms with Crippen LogP contribution >= 0.6 is 0 Å². The second-order valence-corrected chi connectivity index (χ2v) is 9.92. The largest absolute Gasteiger partial charge is 0.399 e. The fourth-order valence-electron chi connectivity index (χ4n) is 4.38. The Morgan fingerprint density at radius 3 is 1.88 bits per heavy atom. The Hall–Kier alpha value is -1.14. The van der Waals surface area contributed by atoms with Gasteiger partial charge < -0.3 is 16.4 Å². The van der Waals surface area contributed by atoms with Gasteiger partial charge in [0.05, 0.1) is 0 Å². The zero-order valence-electron chi connectivity index (χ0n) is 22.6. The molecule has 0 bridgehead atoms. The van der Waals surface area contributed by atoms with Crippen molar-refractivity contribution in [3.63, 3.8) is 0 Å². The standard InChI is InChI=1S/C15H27N5.C14H30/c16-15-5-2-1-4-14(15)10-13-11-18-9-8-17-6-3-7-19-20-12-13;1-3-5-7-9-11-13-14-12-10-8-6-4-2/h1-2,4-5,13,17-20H,3,6-12,16H2;3-14H2,1-2H3. The molecule has 198 valence electrons. The van der Waals surface area contributed by atoms with Gasteiger partial charge >= 0.3 is 0 Å². The molecule has 0 saturated carbocycles. The average molecular weight is 476 g/mol. The summed E-state index contributed by atoms with van der Waals surface area (Å²) in [6.07, 6.45) is 19.6. The van der Waals surface area contributed by atoms with Gasteiger partial charge in [0, 0.05) is 31.9 Å². The summed E-state index contributed by atoms with van der Waals surface area (Å²) in [6, 6.07) is 8.15. The molecular weight excluding hydrogens is 418 g/mol. The minimum Gasteiger partial charge on any atom is -0.399 e. The number of hydrogen-bond acceptors (Lipinski definition) is 5. The molecule has 5 heteroatoms. The molecule has 0 aromatic heterocycles. The molecule has 0 aliphatic carbocycles. The van der Waals surface area contributed by atoms with E-state index in [2.05, 4.69) is 47.5 Å². The van der Waals surface area contributed by atoms with Crippen LogP contribution in [-0.2, 0) is 6.42 Å². The third-order valence-corrected chi connectivity index (χ3v) is 6.60. The SMILES string of the molecule is CCCCCCCCCCCCCC.Nc1ccccc1CC1CNCCNCCCNNC1. The molecule has 1 aromatic rings. The van der Waals surface area contributed by atoms with E-state index in [0.717, 1.165) is 57.8 Å². The Morgan fingerprint density at radius 2 is 1.26 bits per heavy atom. The minimum atomic E-state index is 0.534. The lowest BCUT2D eigenvalue weighted by atomic mass is 9.98. The Kier molecular flexibility index (Phi) is 21.4. The first-order valence-electron chi connectivity index (χ1n) is 14.5. The maximum absolute atomic E-state index is 6.04. The number of hydrazine groups is 1. The van der Waals surface area contributed by atoms with E-state index < -0.39 is 0 Å². The summed E-state index contributed by atoms with van der Waals surface area (Å²) in [6.45, 7) is 10.7. The Balaban J connectivity index is 0.000000365. The van der Waals surface area contributed by atoms with E-state index in [-0.39, 0.29) is 0 Å². The van der Waals surface area contributed by atoms with Crippen molar-refractivity contribution < 1.29 is 0 Å². The van der Waals surface area contributed by atoms with Crippen molar-refractivity contribution in [2.75, 3.05) is 45.0 Å². The van der Waals surface area contributed by atoms with Crippen LogP contribution in [0.3, 0.4) is 0 Å². The second kappa shape index (κ2) is 23.6. The maximum Gasteiger partial charge on any atom is 0.0346 e. The molecule has 1 heterocycles. The van der Waals surface area contributed by atoms with Crippen LogP contribution in [0.2, 0.25) is 0 Å². The molecule has 34 heavy (non-hydrogen) atoms. The van der Waals surface area contributed by atoms with E-state index in [1.54, 1.807) is 0 Å². The highest BCUT2D eigenvalue weighted by Crippen LogP contribution is 2.15. The van der Waals surface area contributed by atoms with Gasteiger partial charge in [0.2, 0.25) is 0 Å². The molecule has 1 unspecified atom stereocenters. The van der Waals surface area contributed by atoms with E-state index in [0.29, 0.717) is 5.92 Å². The fourth-order valence-corrected chi connectivity index (χ4v) is 4.38. The predicted molar refractivity (Wildman–Crippen MR) is 151 cm³/mol. The number of rotatable bonds is 13. The Labute approximate surface area is 211 Å². The van der Waals surface area contributed by atoms with Crippen molar-refractivity contribution in [3.8, 4) is 0 Å². The van der Waals surface area contributed by atoms with Crippen molar-refractivity contribution in [2.24, 2.45) is 5.92 Å². The van der Waals surface area contributed by atoms with Gasteiger partial charge in [-0.1, -0.05) is 109 Å². The van der Waals surface area contributed by atoms with Crippen molar-refractivity contribution >= 4 is 5.69 Å². The van der Waals surface area contributed by atoms with Crippen LogP contribution in [0.5, 0.6) is 0 Å². The number of nitrogens with one attached hydrogen (secondary N) is 4. The van der Waals surface area contributed by atoms with Gasteiger partial charge in [0.25, 0.3) is 0 Å². The molecule has 0 spiro atoms. The average Bonchev–Trinajstić information content (AvgIpc) is 2.84. The summed E-state index contributed by atoms with van der Waals surface area (Å²) >= 11 is 0. The number of unbranched alkanes of at least 4 members (excludes halogenated alkanes) is 11. The van der Waals surface area contributed by atoms with Crippen LogP contribution < -0.4 is 27.2 Å². The monoisotopic (exact) mass is 475 g/mol. The Morgan fingerprint density at radius 1 is 0.676 bits per heavy atom. The third kappa shape index (κ3) is 18.2. The number of para-hydroxylation sites is 1. The highest BCUT2D eigenvalue weighted by Gasteiger charge is 2.11. The number of anilines is 1. The van der Waals surface area contributed by atoms with Crippen LogP contribution in [-0.4, -0.2) is 39.3 Å². The highest BCUT2D eigenvalue weighted by molar-refractivity contribution is 5.46. The quantitative estimate of drug-likeness (QED) is 0.184. The minimum absolute atomic E-state index is 0.534. The first kappa shape index (κ1) is 30.9. The van der Waals surface area contributed by atoms with E-state index in [1.807, 2.05) is 12.1 Å². The molecule has 1 aromatic carbocycles. The van der Waals surface area contributed by atoms with E-state index >= 15 is 0 Å². The van der Waals surface area contributed by atoms with Gasteiger partial charge in [-0.05, 0) is 43.5 Å². The molecule has 1 aliphatic rings. The van der Waals surface area contributed by atoms with Crippen LogP contribution in [0.4, 0.5) is 5.69 Å². The predicted octanol–water partition coefficient (Wildman–Crippen LogP) is 5.81. The van der Waals surface area contributed by atoms with Gasteiger partial charge in [-0.3, -0.25) is 10.9 Å². The van der Waals surface area contributed by atoms with Gasteiger partial charge in [-0.15, -0.1) is 0 Å². The van der Waals surface area contributed by atoms with E-state index in [1.165, 1.54) is 82.6 Å². The molecule has 1 aliphatic heterocycles. The van der Waals surface area contributed by atoms with Crippen LogP contribution in [0.25, 0.3) is 0 Å². The second-order valence-electron chi connectivity index (χ2n) is 9.92. The third-order valence-electron chi connectivity index (χ3n) is 6.60. The molecule has 1 fully saturated rings. The van der Waals surface area contributed by atoms with Gasteiger partial charge in [0.15, 0.2) is 0 Å². The maximum atomic E-state index is 6.04. The van der Waals surface area contributed by atoms with Crippen LogP contribution in [0.1, 0.15) is 103 Å². The first-order chi connectivity index (χ1) is 16.8. The van der Waals surface area contributed by atoms with Crippen molar-refractivity contribution in [1.82, 2.24) is 21.5 Å². The topological polar surface area (TPSA) is 74.1 Å². The lowest BCUT2D eigenvalue weighted by molar-refractivity contribution is 0.392.